The molecule has 10 heteroatoms. The van der Waals surface area contributed by atoms with E-state index < -0.39 is 22.5 Å². The van der Waals surface area contributed by atoms with Gasteiger partial charge in [-0.25, -0.2) is 4.79 Å². The molecule has 0 spiro atoms. The first kappa shape index (κ1) is 29.8. The number of carbonyl (C=O) groups is 1. The van der Waals surface area contributed by atoms with Crippen molar-refractivity contribution in [3.05, 3.63) is 12.1 Å². The van der Waals surface area contributed by atoms with Gasteiger partial charge in [-0.1, -0.05) is 71.1 Å². The molecule has 0 aromatic heterocycles. The lowest BCUT2D eigenvalue weighted by Crippen LogP contribution is -2.36. The Morgan fingerprint density at radius 3 is 1.82 bits per heavy atom. The lowest BCUT2D eigenvalue weighted by atomic mass is 10.1. The van der Waals surface area contributed by atoms with Crippen LogP contribution in [0.1, 0.15) is 84.5 Å². The van der Waals surface area contributed by atoms with Crippen LogP contribution in [0.25, 0.3) is 0 Å². The predicted octanol–water partition coefficient (Wildman–Crippen LogP) is 5.76. The maximum Gasteiger partial charge on any atom is 0.428 e. The zero-order valence-electron chi connectivity index (χ0n) is 21.2. The number of rotatable bonds is 18. The van der Waals surface area contributed by atoms with Crippen molar-refractivity contribution in [2.24, 2.45) is 0 Å². The third-order valence-corrected chi connectivity index (χ3v) is 6.33. The molecule has 0 saturated heterocycles. The molecule has 34 heavy (non-hydrogen) atoms. The number of hydrogen-bond acceptors (Lipinski definition) is 8. The number of ether oxygens (including phenoxy) is 4. The fraction of sp³-hybridized carbons (Fsp3) is 0.708. The summed E-state index contributed by atoms with van der Waals surface area (Å²) in [5.74, 6) is 0.605. The highest BCUT2D eigenvalue weighted by Crippen LogP contribution is 2.41. The van der Waals surface area contributed by atoms with Crippen LogP contribution >= 0.6 is 0 Å². The summed E-state index contributed by atoms with van der Waals surface area (Å²) >= 11 is 0. The van der Waals surface area contributed by atoms with Crippen molar-refractivity contribution in [3.8, 4) is 23.0 Å². The average Bonchev–Trinajstić information content (AvgIpc) is 2.79. The normalized spacial score (nSPS) is 12.1. The first-order valence-corrected chi connectivity index (χ1v) is 13.4. The number of hydrogen-bond donors (Lipinski definition) is 1. The topological polar surface area (TPSA) is 109 Å². The van der Waals surface area contributed by atoms with Gasteiger partial charge in [0.2, 0.25) is 5.75 Å². The number of carbonyl (C=O) groups excluding carboxylic acids is 1. The molecule has 1 N–H and O–H groups in total. The van der Waals surface area contributed by atoms with E-state index in [1.165, 1.54) is 78.4 Å². The quantitative estimate of drug-likeness (QED) is 0.252. The minimum Gasteiger partial charge on any atom is -0.496 e. The largest absolute Gasteiger partial charge is 0.496 e. The van der Waals surface area contributed by atoms with E-state index in [1.54, 1.807) is 11.6 Å². The summed E-state index contributed by atoms with van der Waals surface area (Å²) in [4.78, 5) is 12.2. The Morgan fingerprint density at radius 1 is 0.853 bits per heavy atom. The van der Waals surface area contributed by atoms with Crippen LogP contribution in [0.2, 0.25) is 0 Å². The molecule has 0 aliphatic rings. The summed E-state index contributed by atoms with van der Waals surface area (Å²) in [6, 6.07) is 2.95. The van der Waals surface area contributed by atoms with E-state index in [-0.39, 0.29) is 17.2 Å². The summed E-state index contributed by atoms with van der Waals surface area (Å²) in [6.07, 6.45) is 10.7. The SMILES string of the molecule is CCCCCCCCCCCCC(C)OS(=O)(=O)NC(=O)Oc1c(OC)cc(OC)cc1OC. The van der Waals surface area contributed by atoms with Crippen LogP contribution in [0.15, 0.2) is 12.1 Å². The van der Waals surface area contributed by atoms with Crippen molar-refractivity contribution in [2.45, 2.75) is 90.6 Å². The molecule has 0 heterocycles. The third-order valence-electron chi connectivity index (χ3n) is 5.33. The zero-order chi connectivity index (χ0) is 25.4. The predicted molar refractivity (Wildman–Crippen MR) is 131 cm³/mol. The molecule has 196 valence electrons. The van der Waals surface area contributed by atoms with Crippen LogP contribution < -0.4 is 23.7 Å². The van der Waals surface area contributed by atoms with Gasteiger partial charge in [-0.05, 0) is 13.3 Å². The molecular formula is C24H41NO8S. The highest BCUT2D eigenvalue weighted by Gasteiger charge is 2.23. The fourth-order valence-corrected chi connectivity index (χ4v) is 4.32. The number of methoxy groups -OCH3 is 3. The Balaban J connectivity index is 2.42. The number of unbranched alkanes of at least 4 members (excludes halogenated alkanes) is 9. The van der Waals surface area contributed by atoms with E-state index in [9.17, 15) is 13.2 Å². The molecule has 0 radical (unpaired) electrons. The molecule has 0 bridgehead atoms. The maximum absolute atomic E-state index is 12.2. The molecule has 1 amide bonds. The van der Waals surface area contributed by atoms with Crippen molar-refractivity contribution in [2.75, 3.05) is 21.3 Å². The van der Waals surface area contributed by atoms with Crippen molar-refractivity contribution in [1.82, 2.24) is 4.72 Å². The Kier molecular flexibility index (Phi) is 14.4. The van der Waals surface area contributed by atoms with E-state index >= 15 is 0 Å². The fourth-order valence-electron chi connectivity index (χ4n) is 3.50. The van der Waals surface area contributed by atoms with E-state index in [2.05, 4.69) is 6.92 Å². The van der Waals surface area contributed by atoms with E-state index in [0.717, 1.165) is 19.3 Å². The molecule has 0 aliphatic heterocycles. The third kappa shape index (κ3) is 11.8. The Labute approximate surface area is 204 Å². The Hall–Kier alpha value is -2.20. The van der Waals surface area contributed by atoms with Gasteiger partial charge in [-0.15, -0.1) is 0 Å². The van der Waals surface area contributed by atoms with Crippen molar-refractivity contribution < 1.29 is 36.3 Å². The molecule has 1 unspecified atom stereocenters. The Morgan fingerprint density at radius 2 is 1.35 bits per heavy atom. The highest BCUT2D eigenvalue weighted by molar-refractivity contribution is 7.85. The van der Waals surface area contributed by atoms with Crippen LogP contribution in [-0.2, 0) is 14.5 Å². The van der Waals surface area contributed by atoms with Gasteiger partial charge in [0.15, 0.2) is 11.5 Å². The van der Waals surface area contributed by atoms with Crippen LogP contribution in [0, 0.1) is 0 Å². The summed E-state index contributed by atoms with van der Waals surface area (Å²) in [5, 5.41) is 0. The summed E-state index contributed by atoms with van der Waals surface area (Å²) in [5.41, 5.74) is 0. The molecule has 1 aromatic carbocycles. The van der Waals surface area contributed by atoms with Crippen LogP contribution in [0.3, 0.4) is 0 Å². The molecule has 9 nitrogen and oxygen atoms in total. The monoisotopic (exact) mass is 503 g/mol. The summed E-state index contributed by atoms with van der Waals surface area (Å²) in [7, 11) is -0.147. The molecule has 1 aromatic rings. The molecule has 0 saturated carbocycles. The van der Waals surface area contributed by atoms with E-state index in [0.29, 0.717) is 12.2 Å². The van der Waals surface area contributed by atoms with E-state index in [1.807, 2.05) is 0 Å². The first-order valence-electron chi connectivity index (χ1n) is 12.0. The second kappa shape index (κ2) is 16.4. The van der Waals surface area contributed by atoms with Crippen LogP contribution in [-0.4, -0.2) is 41.9 Å². The molecule has 0 aliphatic carbocycles. The molecular weight excluding hydrogens is 462 g/mol. The maximum atomic E-state index is 12.2. The molecule has 0 fully saturated rings. The Bertz CT molecular complexity index is 803. The lowest BCUT2D eigenvalue weighted by molar-refractivity contribution is 0.190. The van der Waals surface area contributed by atoms with Gasteiger partial charge in [0.1, 0.15) is 5.75 Å². The smallest absolute Gasteiger partial charge is 0.428 e. The average molecular weight is 504 g/mol. The second-order valence-corrected chi connectivity index (χ2v) is 9.49. The van der Waals surface area contributed by atoms with E-state index in [4.69, 9.17) is 23.1 Å². The molecule has 1 atom stereocenters. The summed E-state index contributed by atoms with van der Waals surface area (Å²) < 4.78 is 51.9. The van der Waals surface area contributed by atoms with Gasteiger partial charge in [-0.3, -0.25) is 4.18 Å². The minimum atomic E-state index is -4.35. The molecule has 1 rings (SSSR count). The first-order chi connectivity index (χ1) is 16.3. The lowest BCUT2D eigenvalue weighted by Gasteiger charge is -2.16. The van der Waals surface area contributed by atoms with Crippen LogP contribution in [0.5, 0.6) is 23.0 Å². The number of amides is 1. The van der Waals surface area contributed by atoms with Gasteiger partial charge in [0.05, 0.1) is 27.4 Å². The zero-order valence-corrected chi connectivity index (χ0v) is 22.0. The van der Waals surface area contributed by atoms with Crippen LogP contribution in [0.4, 0.5) is 4.79 Å². The van der Waals surface area contributed by atoms with Crippen molar-refractivity contribution in [3.63, 3.8) is 0 Å². The van der Waals surface area contributed by atoms with Crippen molar-refractivity contribution >= 4 is 16.4 Å². The van der Waals surface area contributed by atoms with Gasteiger partial charge < -0.3 is 18.9 Å². The number of nitrogens with one attached hydrogen (secondary N) is 1. The second-order valence-electron chi connectivity index (χ2n) is 8.18. The van der Waals surface area contributed by atoms with Gasteiger partial charge in [0.25, 0.3) is 0 Å². The highest BCUT2D eigenvalue weighted by atomic mass is 32.2. The summed E-state index contributed by atoms with van der Waals surface area (Å²) in [6.45, 7) is 3.88. The van der Waals surface area contributed by atoms with Gasteiger partial charge >= 0.3 is 16.4 Å². The standard InChI is InChI=1S/C24H41NO8S/c1-6-7-8-9-10-11-12-13-14-15-16-19(2)33-34(27,28)25-24(26)32-23-21(30-4)17-20(29-3)18-22(23)31-5/h17-19H,6-16H2,1-5H3,(H,25,26). The van der Waals surface area contributed by atoms with Gasteiger partial charge in [-0.2, -0.15) is 13.1 Å². The number of benzene rings is 1. The minimum absolute atomic E-state index is 0.0862. The van der Waals surface area contributed by atoms with Gasteiger partial charge in [0, 0.05) is 12.1 Å². The van der Waals surface area contributed by atoms with Crippen molar-refractivity contribution in [1.29, 1.82) is 0 Å².